The van der Waals surface area contributed by atoms with E-state index in [-0.39, 0.29) is 5.82 Å². The molecular formula is C41H30F4N3S+. The lowest BCUT2D eigenvalue weighted by atomic mass is 10.0. The third-order valence-electron chi connectivity index (χ3n) is 9.04. The zero-order chi connectivity index (χ0) is 33.9. The summed E-state index contributed by atoms with van der Waals surface area (Å²) in [6.07, 6.45) is -4.40. The number of benzene rings is 6. The van der Waals surface area contributed by atoms with E-state index >= 15 is 0 Å². The van der Waals surface area contributed by atoms with E-state index in [9.17, 15) is 17.6 Å². The number of halogens is 4. The number of alkyl halides is 3. The largest absolute Gasteiger partial charge is 0.416 e. The number of anilines is 2. The van der Waals surface area contributed by atoms with E-state index in [1.54, 1.807) is 24.3 Å². The Kier molecular flexibility index (Phi) is 7.49. The molecule has 0 radical (unpaired) electrons. The van der Waals surface area contributed by atoms with E-state index in [4.69, 9.17) is 0 Å². The molecule has 1 aliphatic rings. The zero-order valence-corrected chi connectivity index (χ0v) is 27.5. The molecule has 0 spiro atoms. The number of hydrogen-bond acceptors (Lipinski definition) is 1. The van der Waals surface area contributed by atoms with Gasteiger partial charge in [-0.15, -0.1) is 11.4 Å². The minimum absolute atomic E-state index is 0.268. The van der Waals surface area contributed by atoms with Crippen LogP contribution in [0.25, 0.3) is 39.2 Å². The molecule has 1 aromatic heterocycles. The van der Waals surface area contributed by atoms with Gasteiger partial charge in [0.2, 0.25) is 0 Å². The molecular weight excluding hydrogens is 643 g/mol. The van der Waals surface area contributed by atoms with Crippen molar-refractivity contribution in [3.05, 3.63) is 162 Å². The van der Waals surface area contributed by atoms with Crippen LogP contribution in [0.15, 0.2) is 144 Å². The molecule has 0 aliphatic carbocycles. The van der Waals surface area contributed by atoms with Gasteiger partial charge in [0, 0.05) is 16.1 Å². The van der Waals surface area contributed by atoms with Crippen LogP contribution in [0.4, 0.5) is 28.9 Å². The van der Waals surface area contributed by atoms with Crippen LogP contribution >= 0.6 is 11.4 Å². The van der Waals surface area contributed by atoms with Gasteiger partial charge in [0.05, 0.1) is 28.9 Å². The van der Waals surface area contributed by atoms with Gasteiger partial charge in [-0.2, -0.15) is 17.7 Å². The molecule has 242 valence electrons. The molecule has 6 aromatic carbocycles. The first-order valence-corrected chi connectivity index (χ1v) is 16.7. The number of rotatable bonds is 5. The van der Waals surface area contributed by atoms with Gasteiger partial charge >= 0.3 is 6.18 Å². The fourth-order valence-corrected chi connectivity index (χ4v) is 8.00. The summed E-state index contributed by atoms with van der Waals surface area (Å²) in [6.45, 7) is 2.10. The summed E-state index contributed by atoms with van der Waals surface area (Å²) < 4.78 is 58.4. The maximum Gasteiger partial charge on any atom is 0.416 e. The normalized spacial score (nSPS) is 12.9. The van der Waals surface area contributed by atoms with Crippen molar-refractivity contribution in [3.8, 4) is 28.2 Å². The number of aryl methyl sites for hydroxylation is 2. The lowest BCUT2D eigenvalue weighted by Crippen LogP contribution is -2.30. The van der Waals surface area contributed by atoms with E-state index in [2.05, 4.69) is 76.5 Å². The molecule has 0 atom stereocenters. The van der Waals surface area contributed by atoms with Crippen LogP contribution in [0, 0.1) is 12.7 Å². The van der Waals surface area contributed by atoms with Gasteiger partial charge in [0.25, 0.3) is 5.82 Å². The Bertz CT molecular complexity index is 2380. The maximum atomic E-state index is 13.6. The van der Waals surface area contributed by atoms with Crippen molar-refractivity contribution in [2.45, 2.75) is 18.0 Å². The highest BCUT2D eigenvalue weighted by Crippen LogP contribution is 2.45. The summed E-state index contributed by atoms with van der Waals surface area (Å²) in [7, 11) is 2.07. The molecule has 0 bridgehead atoms. The quantitative estimate of drug-likeness (QED) is 0.0831. The van der Waals surface area contributed by atoms with Crippen LogP contribution in [0.3, 0.4) is 0 Å². The molecule has 8 rings (SSSR count). The molecule has 7 aromatic rings. The van der Waals surface area contributed by atoms with Crippen LogP contribution < -0.4 is 9.47 Å². The van der Waals surface area contributed by atoms with Crippen LogP contribution in [0.1, 0.15) is 16.7 Å². The van der Waals surface area contributed by atoms with Crippen molar-refractivity contribution in [2.24, 2.45) is 7.05 Å². The molecule has 0 amide bonds. The summed E-state index contributed by atoms with van der Waals surface area (Å²) in [4.78, 5) is 4.13. The summed E-state index contributed by atoms with van der Waals surface area (Å²) in [5.41, 5.74) is 9.10. The summed E-state index contributed by atoms with van der Waals surface area (Å²) in [5.74, 6) is 0.721. The number of thiol groups is 1. The van der Waals surface area contributed by atoms with Gasteiger partial charge in [-0.05, 0) is 96.4 Å². The highest BCUT2D eigenvalue weighted by atomic mass is 32.1. The van der Waals surface area contributed by atoms with Gasteiger partial charge in [-0.1, -0.05) is 66.7 Å². The van der Waals surface area contributed by atoms with Crippen molar-refractivity contribution in [1.82, 2.24) is 4.57 Å². The van der Waals surface area contributed by atoms with Crippen molar-refractivity contribution in [3.63, 3.8) is 0 Å². The molecule has 3 nitrogen and oxygen atoms in total. The number of nitrogens with zero attached hydrogens (tertiary/aromatic N) is 3. The smallest absolute Gasteiger partial charge is 0.304 e. The lowest BCUT2D eigenvalue weighted by molar-refractivity contribution is -0.633. The second-order valence-electron chi connectivity index (χ2n) is 12.1. The van der Waals surface area contributed by atoms with Crippen LogP contribution in [0.5, 0.6) is 0 Å². The van der Waals surface area contributed by atoms with E-state index in [1.807, 2.05) is 42.5 Å². The first-order valence-electron chi connectivity index (χ1n) is 15.8. The average molecular weight is 673 g/mol. The Labute approximate surface area is 284 Å². The van der Waals surface area contributed by atoms with Crippen LogP contribution in [0.2, 0.25) is 0 Å². The Hall–Kier alpha value is -5.47. The van der Waals surface area contributed by atoms with E-state index in [1.165, 1.54) is 12.1 Å². The Balaban J connectivity index is 1.28. The highest BCUT2D eigenvalue weighted by Gasteiger charge is 2.33. The summed E-state index contributed by atoms with van der Waals surface area (Å²) in [5, 5.41) is 0. The molecule has 49 heavy (non-hydrogen) atoms. The minimum Gasteiger partial charge on any atom is -0.304 e. The average Bonchev–Trinajstić information content (AvgIpc) is 3.63. The van der Waals surface area contributed by atoms with E-state index in [0.29, 0.717) is 0 Å². The number of fused-ring (bicyclic) bond motifs is 2. The van der Waals surface area contributed by atoms with Gasteiger partial charge < -0.3 is 4.90 Å². The van der Waals surface area contributed by atoms with Crippen LogP contribution in [-0.4, -0.2) is 9.56 Å². The topological polar surface area (TPSA) is 12.0 Å². The molecule has 0 fully saturated rings. The van der Waals surface area contributed by atoms with E-state index in [0.717, 1.165) is 95.1 Å². The Morgan fingerprint density at radius 3 is 1.94 bits per heavy atom. The van der Waals surface area contributed by atoms with Gasteiger partial charge in [-0.3, -0.25) is 0 Å². The maximum absolute atomic E-state index is 13.6. The first-order chi connectivity index (χ1) is 23.7. The van der Waals surface area contributed by atoms with Crippen molar-refractivity contribution in [1.29, 1.82) is 0 Å². The van der Waals surface area contributed by atoms with Crippen molar-refractivity contribution in [2.75, 3.05) is 4.90 Å². The van der Waals surface area contributed by atoms with Gasteiger partial charge in [0.1, 0.15) is 11.5 Å². The number of aromatic nitrogens is 2. The van der Waals surface area contributed by atoms with E-state index < -0.39 is 11.7 Å². The molecule has 0 N–H and O–H groups in total. The predicted octanol–water partition coefficient (Wildman–Crippen LogP) is 10.4. The van der Waals surface area contributed by atoms with Crippen LogP contribution in [-0.2, 0) is 13.2 Å². The monoisotopic (exact) mass is 672 g/mol. The number of para-hydroxylation sites is 3. The lowest BCUT2D eigenvalue weighted by Gasteiger charge is -2.24. The third kappa shape index (κ3) is 5.42. The standard InChI is InChI=1S/C41H30F4N3S/c1-26-24-38-37(48(32-8-4-3-5-9-32)40(49-38)29-12-18-30(19-13-29)41(43,44)45)25-34(26)39-46(2)35-10-6-7-11-36(35)47(39)33-22-16-28(17-23-33)27-14-20-31(42)21-15-27/h3-25,49H,1-2H3/q+1. The summed E-state index contributed by atoms with van der Waals surface area (Å²) in [6, 6.07) is 42.8. The first kappa shape index (κ1) is 30.8. The molecule has 8 heteroatoms. The SMILES string of the molecule is Cc1cc2c(cc1-c1n(-c3ccc(-c4ccc(F)cc4)cc3)c3ccccc3[n+]1C)N(c1ccccc1)C(c1ccc(C(F)(F)F)cc1)=[SH]2. The summed E-state index contributed by atoms with van der Waals surface area (Å²) >= 11 is 0.906. The zero-order valence-electron chi connectivity index (χ0n) is 26.6. The highest BCUT2D eigenvalue weighted by molar-refractivity contribution is 8.00. The van der Waals surface area contributed by atoms with Gasteiger partial charge in [-0.25, -0.2) is 8.96 Å². The molecule has 1 aliphatic heterocycles. The van der Waals surface area contributed by atoms with Crippen molar-refractivity contribution < 1.29 is 22.1 Å². The Morgan fingerprint density at radius 2 is 1.27 bits per heavy atom. The second kappa shape index (κ2) is 11.9. The molecule has 2 heterocycles. The minimum atomic E-state index is -4.40. The Morgan fingerprint density at radius 1 is 0.653 bits per heavy atom. The predicted molar refractivity (Wildman–Crippen MR) is 191 cm³/mol. The third-order valence-corrected chi connectivity index (χ3v) is 10.3. The second-order valence-corrected chi connectivity index (χ2v) is 13.2. The van der Waals surface area contributed by atoms with Gasteiger partial charge in [0.15, 0.2) is 11.0 Å². The molecule has 0 saturated carbocycles. The number of hydrogen-bond donors (Lipinski definition) is 1. The fourth-order valence-electron chi connectivity index (χ4n) is 6.63. The molecule has 0 saturated heterocycles. The molecule has 0 unspecified atom stereocenters. The fraction of sp³-hybridized carbons (Fsp3) is 0.0732. The van der Waals surface area contributed by atoms with Crippen molar-refractivity contribution >= 4 is 38.7 Å². The number of imidazole rings is 1.